The zero-order chi connectivity index (χ0) is 50.5. The summed E-state index contributed by atoms with van der Waals surface area (Å²) < 4.78 is 49.3. The lowest BCUT2D eigenvalue weighted by Gasteiger charge is -2.43. The van der Waals surface area contributed by atoms with Crippen molar-refractivity contribution in [3.05, 3.63) is 72.9 Å². The van der Waals surface area contributed by atoms with E-state index in [1.54, 1.807) is 24.3 Å². The highest BCUT2D eigenvalue weighted by molar-refractivity contribution is 7.47. The predicted molar refractivity (Wildman–Crippen MR) is 261 cm³/mol. The van der Waals surface area contributed by atoms with Crippen LogP contribution in [0.25, 0.3) is 0 Å². The normalized spacial score (nSPS) is 22.3. The maximum atomic E-state index is 13.0. The zero-order valence-electron chi connectivity index (χ0n) is 40.4. The van der Waals surface area contributed by atoms with Crippen LogP contribution < -0.4 is 0 Å². The molecule has 0 heterocycles. The van der Waals surface area contributed by atoms with Crippen LogP contribution in [0.4, 0.5) is 0 Å². The number of phosphoric ester groups is 2. The highest BCUT2D eigenvalue weighted by Crippen LogP contribution is 2.49. The van der Waals surface area contributed by atoms with Gasteiger partial charge in [-0.1, -0.05) is 177 Å². The van der Waals surface area contributed by atoms with Crippen molar-refractivity contribution < 1.29 is 82.0 Å². The Bertz CT molecular complexity index is 1610. The molecule has 17 nitrogen and oxygen atoms in total. The molecule has 9 atom stereocenters. The van der Waals surface area contributed by atoms with E-state index < -0.39 is 89.6 Å². The van der Waals surface area contributed by atoms with Gasteiger partial charge < -0.3 is 49.7 Å². The minimum absolute atomic E-state index is 0.0835. The maximum Gasteiger partial charge on any atom is 0.472 e. The predicted octanol–water partition coefficient (Wildman–Crippen LogP) is 8.59. The summed E-state index contributed by atoms with van der Waals surface area (Å²) >= 11 is 0. The molecule has 8 N–H and O–H groups in total. The number of allylic oxidation sites excluding steroid dienone is 10. The Morgan fingerprint density at radius 2 is 1.07 bits per heavy atom. The number of carbonyl (C=O) groups is 2. The van der Waals surface area contributed by atoms with Crippen LogP contribution in [0.3, 0.4) is 0 Å². The lowest BCUT2D eigenvalue weighted by atomic mass is 9.85. The van der Waals surface area contributed by atoms with Crippen molar-refractivity contribution >= 4 is 27.6 Å². The summed E-state index contributed by atoms with van der Waals surface area (Å²) in [6.45, 7) is 2.85. The molecule has 1 aliphatic carbocycles. The fraction of sp³-hybridized carbons (Fsp3) is 0.714. The largest absolute Gasteiger partial charge is 0.472 e. The number of phosphoric acid groups is 2. The lowest BCUT2D eigenvalue weighted by Crippen LogP contribution is -2.64. The van der Waals surface area contributed by atoms with Gasteiger partial charge in [0.2, 0.25) is 0 Å². The van der Waals surface area contributed by atoms with Crippen LogP contribution >= 0.6 is 15.6 Å². The topological polar surface area (TPSA) is 276 Å². The zero-order valence-corrected chi connectivity index (χ0v) is 42.2. The fourth-order valence-electron chi connectivity index (χ4n) is 7.08. The molecule has 0 saturated heterocycles. The van der Waals surface area contributed by atoms with E-state index in [1.165, 1.54) is 64.2 Å². The summed E-state index contributed by atoms with van der Waals surface area (Å²) in [5.74, 6) is -1.39. The highest BCUT2D eigenvalue weighted by Gasteiger charge is 2.54. The standard InChI is InChI=1S/C49H84O17P2/c1-3-5-7-9-11-13-15-17-18-20-22-24-26-28-32-36-42(51)62-38-41(39-63-68(60,61)66-49-46(55)44(53)45(54)48(47(49)56)65-67(57,58)59)64-43(52)37-33-29-31-35-40(50)34-30-27-25-23-21-19-16-14-12-10-8-6-4-2/h6,8,12,14,19,21,25,27,29-31,34,40-41,44-50,53-56H,3-5,7,9-11,13,15-18,20,22-24,26,28,32-33,35-39H2,1-2H3,(H,60,61)(H2,57,58,59)/b8-6-,14-12-,21-19-,27-25-,31-29-,34-30-/t40?,41-,44?,45?,46?,47?,48-,49+/m1/s1. The number of hydrogen-bond donors (Lipinski definition) is 8. The van der Waals surface area contributed by atoms with E-state index in [4.69, 9.17) is 18.5 Å². The van der Waals surface area contributed by atoms with Gasteiger partial charge >= 0.3 is 27.6 Å². The minimum Gasteiger partial charge on any atom is -0.462 e. The van der Waals surface area contributed by atoms with Gasteiger partial charge in [-0.25, -0.2) is 9.13 Å². The fourth-order valence-corrected chi connectivity index (χ4v) is 8.62. The molecule has 19 heteroatoms. The molecule has 1 aliphatic rings. The van der Waals surface area contributed by atoms with Gasteiger partial charge in [-0.15, -0.1) is 0 Å². The third-order valence-corrected chi connectivity index (χ3v) is 12.4. The van der Waals surface area contributed by atoms with Crippen LogP contribution in [-0.4, -0.2) is 114 Å². The molecule has 0 aromatic carbocycles. The second-order valence-corrected chi connectivity index (χ2v) is 19.6. The van der Waals surface area contributed by atoms with Gasteiger partial charge in [0.25, 0.3) is 0 Å². The molecule has 0 amide bonds. The van der Waals surface area contributed by atoms with E-state index in [0.29, 0.717) is 6.42 Å². The molecule has 0 spiro atoms. The highest BCUT2D eigenvalue weighted by atomic mass is 31.2. The van der Waals surface area contributed by atoms with E-state index >= 15 is 0 Å². The Labute approximate surface area is 404 Å². The Kier molecular flexibility index (Phi) is 36.4. The maximum absolute atomic E-state index is 13.0. The summed E-state index contributed by atoms with van der Waals surface area (Å²) in [5.41, 5.74) is 0. The molecule has 0 aliphatic heterocycles. The number of ether oxygens (including phenoxy) is 2. The molecule has 0 aromatic rings. The number of carbonyl (C=O) groups excluding carboxylic acids is 2. The van der Waals surface area contributed by atoms with Crippen LogP contribution in [0, 0.1) is 0 Å². The van der Waals surface area contributed by atoms with Gasteiger partial charge in [-0.3, -0.25) is 23.2 Å². The number of hydrogen-bond acceptors (Lipinski definition) is 14. The summed E-state index contributed by atoms with van der Waals surface area (Å²) in [4.78, 5) is 54.3. The Morgan fingerprint density at radius 1 is 0.559 bits per heavy atom. The van der Waals surface area contributed by atoms with Crippen molar-refractivity contribution in [1.82, 2.24) is 0 Å². The number of aliphatic hydroxyl groups excluding tert-OH is 5. The summed E-state index contributed by atoms with van der Waals surface area (Å²) in [6.07, 6.45) is 28.8. The van der Waals surface area contributed by atoms with Crippen LogP contribution in [0.1, 0.15) is 162 Å². The van der Waals surface area contributed by atoms with Gasteiger partial charge in [0, 0.05) is 12.8 Å². The second kappa shape index (κ2) is 39.1. The average Bonchev–Trinajstić information content (AvgIpc) is 3.29. The quantitative estimate of drug-likeness (QED) is 0.00938. The molecule has 1 saturated carbocycles. The van der Waals surface area contributed by atoms with Crippen molar-refractivity contribution in [3.63, 3.8) is 0 Å². The molecule has 1 fully saturated rings. The molecule has 392 valence electrons. The Balaban J connectivity index is 2.67. The molecule has 1 rings (SSSR count). The van der Waals surface area contributed by atoms with E-state index in [-0.39, 0.29) is 25.7 Å². The summed E-state index contributed by atoms with van der Waals surface area (Å²) in [7, 11) is -10.7. The first-order chi connectivity index (χ1) is 32.5. The monoisotopic (exact) mass is 1010 g/mol. The number of esters is 2. The average molecular weight is 1010 g/mol. The molecular formula is C49H84O17P2. The van der Waals surface area contributed by atoms with Gasteiger partial charge in [-0.2, -0.15) is 0 Å². The molecular weight excluding hydrogens is 922 g/mol. The third-order valence-electron chi connectivity index (χ3n) is 10.9. The van der Waals surface area contributed by atoms with Crippen molar-refractivity contribution in [3.8, 4) is 0 Å². The van der Waals surface area contributed by atoms with Crippen LogP contribution in [-0.2, 0) is 41.8 Å². The summed E-state index contributed by atoms with van der Waals surface area (Å²) in [5, 5.41) is 51.5. The first kappa shape index (κ1) is 63.4. The summed E-state index contributed by atoms with van der Waals surface area (Å²) in [6, 6.07) is 0. The van der Waals surface area contributed by atoms with Crippen molar-refractivity contribution in [1.29, 1.82) is 0 Å². The first-order valence-corrected chi connectivity index (χ1v) is 27.6. The van der Waals surface area contributed by atoms with E-state index in [2.05, 4.69) is 54.8 Å². The smallest absolute Gasteiger partial charge is 0.462 e. The number of aliphatic hydroxyl groups is 5. The Morgan fingerprint density at radius 3 is 1.62 bits per heavy atom. The Hall–Kier alpha value is -2.60. The minimum atomic E-state index is -5.39. The van der Waals surface area contributed by atoms with Crippen LogP contribution in [0.15, 0.2) is 72.9 Å². The van der Waals surface area contributed by atoms with Gasteiger partial charge in [0.1, 0.15) is 43.2 Å². The molecule has 68 heavy (non-hydrogen) atoms. The van der Waals surface area contributed by atoms with Gasteiger partial charge in [0.05, 0.1) is 12.7 Å². The third kappa shape index (κ3) is 33.1. The second-order valence-electron chi connectivity index (χ2n) is 17.0. The van der Waals surface area contributed by atoms with Crippen molar-refractivity contribution in [2.24, 2.45) is 0 Å². The lowest BCUT2D eigenvalue weighted by molar-refractivity contribution is -0.216. The van der Waals surface area contributed by atoms with E-state index in [9.17, 15) is 58.9 Å². The van der Waals surface area contributed by atoms with Crippen LogP contribution in [0.2, 0.25) is 0 Å². The number of unbranched alkanes of at least 4 members (excludes halogenated alkanes) is 14. The van der Waals surface area contributed by atoms with Gasteiger partial charge in [-0.05, 0) is 44.9 Å². The van der Waals surface area contributed by atoms with Gasteiger partial charge in [0.15, 0.2) is 6.10 Å². The molecule has 0 bridgehead atoms. The van der Waals surface area contributed by atoms with E-state index in [1.807, 2.05) is 12.2 Å². The molecule has 0 aromatic heterocycles. The number of rotatable bonds is 40. The SMILES string of the molecule is CC/C=C\C/C=C\C/C=C\C/C=C\C=C/C(O)C/C=C\CCC(=O)O[C@H](COC(=O)CCCCCCCCCCCCCCCCC)COP(=O)(O)O[C@H]1C(O)C(O)C(O)[C@@H](OP(=O)(O)O)C1O. The molecule has 0 radical (unpaired) electrons. The van der Waals surface area contributed by atoms with E-state index in [0.717, 1.165) is 51.4 Å². The van der Waals surface area contributed by atoms with Crippen molar-refractivity contribution in [2.45, 2.75) is 210 Å². The van der Waals surface area contributed by atoms with Crippen LogP contribution in [0.5, 0.6) is 0 Å². The molecule has 6 unspecified atom stereocenters. The van der Waals surface area contributed by atoms with Crippen molar-refractivity contribution in [2.75, 3.05) is 13.2 Å². The first-order valence-electron chi connectivity index (χ1n) is 24.6.